The molecule has 0 aromatic heterocycles. The van der Waals surface area contributed by atoms with Crippen LogP contribution in [0.4, 0.5) is 14.5 Å². The summed E-state index contributed by atoms with van der Waals surface area (Å²) in [6, 6.07) is 11.8. The number of ether oxygens (including phenoxy) is 1. The Balaban J connectivity index is 2.01. The third kappa shape index (κ3) is 3.54. The molecule has 104 valence electrons. The largest absolute Gasteiger partial charge is 0.484 e. The number of benzene rings is 2. The Kier molecular flexibility index (Phi) is 4.30. The summed E-state index contributed by atoms with van der Waals surface area (Å²) in [6.45, 7) is -0.210. The molecule has 0 bridgehead atoms. The lowest BCUT2D eigenvalue weighted by Gasteiger charge is -2.17. The second-order valence-electron chi connectivity index (χ2n) is 4.18. The van der Waals surface area contributed by atoms with Gasteiger partial charge in [0.15, 0.2) is 6.61 Å². The zero-order valence-corrected chi connectivity index (χ0v) is 10.8. The number of carbonyl (C=O) groups is 1. The Morgan fingerprint density at radius 1 is 1.10 bits per heavy atom. The van der Waals surface area contributed by atoms with Crippen molar-refractivity contribution >= 4 is 11.6 Å². The number of likely N-dealkylation sites (N-methyl/N-ethyl adjacent to an activating group) is 1. The maximum absolute atomic E-state index is 13.1. The number of amides is 1. The fourth-order valence-electron chi connectivity index (χ4n) is 1.64. The molecule has 0 N–H and O–H groups in total. The highest BCUT2D eigenvalue weighted by Crippen LogP contribution is 2.17. The van der Waals surface area contributed by atoms with E-state index in [1.54, 1.807) is 24.3 Å². The van der Waals surface area contributed by atoms with Crippen LogP contribution in [0.2, 0.25) is 0 Å². The normalized spacial score (nSPS) is 10.2. The lowest BCUT2D eigenvalue weighted by atomic mass is 10.2. The zero-order chi connectivity index (χ0) is 14.5. The highest BCUT2D eigenvalue weighted by molar-refractivity contribution is 5.93. The van der Waals surface area contributed by atoms with Gasteiger partial charge in [-0.25, -0.2) is 8.78 Å². The van der Waals surface area contributed by atoms with Gasteiger partial charge < -0.3 is 9.64 Å². The number of carbonyl (C=O) groups excluding carboxylic acids is 1. The Labute approximate surface area is 115 Å². The molecule has 0 saturated carbocycles. The van der Waals surface area contributed by atoms with Gasteiger partial charge in [0.2, 0.25) is 0 Å². The fraction of sp³-hybridized carbons (Fsp3) is 0.133. The van der Waals surface area contributed by atoms with Crippen LogP contribution in [0.1, 0.15) is 0 Å². The SMILES string of the molecule is CN(C(=O)COc1ccccc1)c1cc(F)cc(F)c1. The summed E-state index contributed by atoms with van der Waals surface area (Å²) >= 11 is 0. The smallest absolute Gasteiger partial charge is 0.264 e. The van der Waals surface area contributed by atoms with Crippen LogP contribution in [0, 0.1) is 11.6 Å². The molecule has 0 fully saturated rings. The second kappa shape index (κ2) is 6.14. The van der Waals surface area contributed by atoms with E-state index in [9.17, 15) is 13.6 Å². The fourth-order valence-corrected chi connectivity index (χ4v) is 1.64. The molecule has 0 saturated heterocycles. The molecule has 0 aliphatic rings. The first-order valence-corrected chi connectivity index (χ1v) is 5.97. The predicted molar refractivity (Wildman–Crippen MR) is 71.7 cm³/mol. The molecule has 0 aliphatic heterocycles. The zero-order valence-electron chi connectivity index (χ0n) is 10.8. The highest BCUT2D eigenvalue weighted by atomic mass is 19.1. The predicted octanol–water partition coefficient (Wildman–Crippen LogP) is 3.01. The first-order valence-electron chi connectivity index (χ1n) is 5.97. The van der Waals surface area contributed by atoms with Crippen molar-refractivity contribution in [3.63, 3.8) is 0 Å². The minimum atomic E-state index is -0.733. The summed E-state index contributed by atoms with van der Waals surface area (Å²) in [6.07, 6.45) is 0. The van der Waals surface area contributed by atoms with Crippen LogP contribution < -0.4 is 9.64 Å². The number of nitrogens with zero attached hydrogens (tertiary/aromatic N) is 1. The molecule has 2 aromatic rings. The average molecular weight is 277 g/mol. The lowest BCUT2D eigenvalue weighted by Crippen LogP contribution is -2.31. The van der Waals surface area contributed by atoms with Crippen LogP contribution >= 0.6 is 0 Å². The van der Waals surface area contributed by atoms with Gasteiger partial charge in [-0.3, -0.25) is 4.79 Å². The summed E-state index contributed by atoms with van der Waals surface area (Å²) in [7, 11) is 1.44. The number of rotatable bonds is 4. The van der Waals surface area contributed by atoms with Crippen LogP contribution in [0.5, 0.6) is 5.75 Å². The van der Waals surface area contributed by atoms with E-state index in [4.69, 9.17) is 4.74 Å². The first-order chi connectivity index (χ1) is 9.56. The van der Waals surface area contributed by atoms with E-state index in [1.807, 2.05) is 6.07 Å². The number of halogens is 2. The minimum absolute atomic E-state index is 0.143. The molecule has 0 atom stereocenters. The van der Waals surface area contributed by atoms with Crippen molar-refractivity contribution in [2.75, 3.05) is 18.6 Å². The van der Waals surface area contributed by atoms with Crippen molar-refractivity contribution in [3.05, 3.63) is 60.2 Å². The van der Waals surface area contributed by atoms with Crippen LogP contribution in [0.15, 0.2) is 48.5 Å². The van der Waals surface area contributed by atoms with Crippen molar-refractivity contribution < 1.29 is 18.3 Å². The van der Waals surface area contributed by atoms with E-state index in [-0.39, 0.29) is 12.3 Å². The summed E-state index contributed by atoms with van der Waals surface area (Å²) in [4.78, 5) is 13.0. The minimum Gasteiger partial charge on any atom is -0.484 e. The molecule has 0 spiro atoms. The monoisotopic (exact) mass is 277 g/mol. The summed E-state index contributed by atoms with van der Waals surface area (Å²) in [5, 5.41) is 0. The Morgan fingerprint density at radius 2 is 1.70 bits per heavy atom. The van der Waals surface area contributed by atoms with E-state index in [0.29, 0.717) is 5.75 Å². The topological polar surface area (TPSA) is 29.5 Å². The second-order valence-corrected chi connectivity index (χ2v) is 4.18. The summed E-state index contributed by atoms with van der Waals surface area (Å²) < 4.78 is 31.5. The molecular formula is C15H13F2NO2. The number of anilines is 1. The lowest BCUT2D eigenvalue weighted by molar-refractivity contribution is -0.120. The maximum Gasteiger partial charge on any atom is 0.264 e. The number of para-hydroxylation sites is 1. The van der Waals surface area contributed by atoms with Crippen LogP contribution in [0.25, 0.3) is 0 Å². The average Bonchev–Trinajstić information content (AvgIpc) is 2.44. The van der Waals surface area contributed by atoms with Gasteiger partial charge in [0.05, 0.1) is 0 Å². The van der Waals surface area contributed by atoms with Gasteiger partial charge in [-0.05, 0) is 24.3 Å². The molecule has 1 amide bonds. The molecule has 20 heavy (non-hydrogen) atoms. The van der Waals surface area contributed by atoms with Crippen molar-refractivity contribution in [1.29, 1.82) is 0 Å². The Bertz CT molecular complexity index is 582. The van der Waals surface area contributed by atoms with Crippen LogP contribution in [0.3, 0.4) is 0 Å². The Morgan fingerprint density at radius 3 is 2.30 bits per heavy atom. The molecule has 2 aromatic carbocycles. The quantitative estimate of drug-likeness (QED) is 0.859. The maximum atomic E-state index is 13.1. The van der Waals surface area contributed by atoms with E-state index >= 15 is 0 Å². The molecule has 3 nitrogen and oxygen atoms in total. The highest BCUT2D eigenvalue weighted by Gasteiger charge is 2.13. The molecule has 0 radical (unpaired) electrons. The van der Waals surface area contributed by atoms with Gasteiger partial charge in [0.25, 0.3) is 5.91 Å². The van der Waals surface area contributed by atoms with Crippen molar-refractivity contribution in [3.8, 4) is 5.75 Å². The summed E-state index contributed by atoms with van der Waals surface area (Å²) in [5.74, 6) is -1.31. The van der Waals surface area contributed by atoms with E-state index in [1.165, 1.54) is 7.05 Å². The van der Waals surface area contributed by atoms with Crippen molar-refractivity contribution in [2.24, 2.45) is 0 Å². The van der Waals surface area contributed by atoms with Crippen LogP contribution in [-0.4, -0.2) is 19.6 Å². The molecule has 2 rings (SSSR count). The molecule has 5 heteroatoms. The number of hydrogen-bond donors (Lipinski definition) is 0. The van der Waals surface area contributed by atoms with E-state index < -0.39 is 17.5 Å². The third-order valence-corrected chi connectivity index (χ3v) is 2.71. The molecule has 0 aliphatic carbocycles. The molecule has 0 unspecified atom stereocenters. The van der Waals surface area contributed by atoms with Crippen molar-refractivity contribution in [2.45, 2.75) is 0 Å². The van der Waals surface area contributed by atoms with Gasteiger partial charge in [-0.2, -0.15) is 0 Å². The van der Waals surface area contributed by atoms with Gasteiger partial charge in [0.1, 0.15) is 17.4 Å². The molecule has 0 heterocycles. The van der Waals surface area contributed by atoms with E-state index in [2.05, 4.69) is 0 Å². The van der Waals surface area contributed by atoms with Gasteiger partial charge >= 0.3 is 0 Å². The first kappa shape index (κ1) is 14.0. The van der Waals surface area contributed by atoms with Crippen LogP contribution in [-0.2, 0) is 4.79 Å². The standard InChI is InChI=1S/C15H13F2NO2/c1-18(13-8-11(16)7-12(17)9-13)15(19)10-20-14-5-3-2-4-6-14/h2-9H,10H2,1H3. The van der Waals surface area contributed by atoms with E-state index in [0.717, 1.165) is 23.1 Å². The van der Waals surface area contributed by atoms with Gasteiger partial charge in [-0.15, -0.1) is 0 Å². The number of hydrogen-bond acceptors (Lipinski definition) is 2. The molecular weight excluding hydrogens is 264 g/mol. The van der Waals surface area contributed by atoms with Gasteiger partial charge in [-0.1, -0.05) is 18.2 Å². The van der Waals surface area contributed by atoms with Gasteiger partial charge in [0, 0.05) is 18.8 Å². The van der Waals surface area contributed by atoms with Crippen molar-refractivity contribution in [1.82, 2.24) is 0 Å². The third-order valence-electron chi connectivity index (χ3n) is 2.71. The Hall–Kier alpha value is -2.43. The summed E-state index contributed by atoms with van der Waals surface area (Å²) in [5.41, 5.74) is 0.143.